The van der Waals surface area contributed by atoms with Crippen molar-refractivity contribution in [3.63, 3.8) is 0 Å². The summed E-state index contributed by atoms with van der Waals surface area (Å²) in [5, 5.41) is 0. The van der Waals surface area contributed by atoms with Gasteiger partial charge in [-0.25, -0.2) is 0 Å². The molecule has 0 aromatic heterocycles. The van der Waals surface area contributed by atoms with Gasteiger partial charge < -0.3 is 4.90 Å². The Morgan fingerprint density at radius 2 is 2.23 bits per heavy atom. The highest BCUT2D eigenvalue weighted by Crippen LogP contribution is 2.31. The van der Waals surface area contributed by atoms with E-state index in [9.17, 15) is 0 Å². The lowest BCUT2D eigenvalue weighted by Gasteiger charge is -2.29. The first-order valence-corrected chi connectivity index (χ1v) is 5.73. The summed E-state index contributed by atoms with van der Waals surface area (Å²) in [6, 6.07) is 8.36. The number of hydrogen-bond acceptors (Lipinski definition) is 3. The Kier molecular flexibility index (Phi) is 2.56. The average Bonchev–Trinajstić information content (AvgIpc) is 2.19. The van der Waals surface area contributed by atoms with Gasteiger partial charge in [-0.05, 0) is 13.0 Å². The van der Waals surface area contributed by atoms with E-state index < -0.39 is 0 Å². The third-order valence-electron chi connectivity index (χ3n) is 2.20. The molecule has 68 valence electrons. The quantitative estimate of drug-likeness (QED) is 0.655. The SMILES string of the molecule is CCN1CSC(=S)c2ccccc21. The lowest BCUT2D eigenvalue weighted by molar-refractivity contribution is 0.944. The summed E-state index contributed by atoms with van der Waals surface area (Å²) in [4.78, 5) is 2.34. The largest absolute Gasteiger partial charge is 0.362 e. The van der Waals surface area contributed by atoms with Crippen molar-refractivity contribution in [2.24, 2.45) is 0 Å². The van der Waals surface area contributed by atoms with Crippen LogP contribution in [0.4, 0.5) is 5.69 Å². The lowest BCUT2D eigenvalue weighted by atomic mass is 10.2. The molecular formula is C10H11NS2. The minimum Gasteiger partial charge on any atom is -0.362 e. The van der Waals surface area contributed by atoms with Crippen molar-refractivity contribution in [1.82, 2.24) is 0 Å². The molecule has 1 aromatic carbocycles. The Balaban J connectivity index is 2.47. The molecule has 3 heteroatoms. The molecule has 0 radical (unpaired) electrons. The van der Waals surface area contributed by atoms with E-state index in [1.54, 1.807) is 11.8 Å². The summed E-state index contributed by atoms with van der Waals surface area (Å²) in [5.41, 5.74) is 2.50. The van der Waals surface area contributed by atoms with Gasteiger partial charge in [0.1, 0.15) is 0 Å². The second kappa shape index (κ2) is 3.68. The molecule has 0 aliphatic carbocycles. The van der Waals surface area contributed by atoms with Crippen molar-refractivity contribution in [3.8, 4) is 0 Å². The zero-order chi connectivity index (χ0) is 9.26. The van der Waals surface area contributed by atoms with E-state index in [1.165, 1.54) is 11.3 Å². The van der Waals surface area contributed by atoms with Crippen molar-refractivity contribution < 1.29 is 0 Å². The van der Waals surface area contributed by atoms with Gasteiger partial charge in [0.05, 0.1) is 10.1 Å². The summed E-state index contributed by atoms with van der Waals surface area (Å²) in [6.07, 6.45) is 0. The first-order chi connectivity index (χ1) is 6.33. The van der Waals surface area contributed by atoms with Crippen LogP contribution in [0, 0.1) is 0 Å². The molecule has 1 nitrogen and oxygen atoms in total. The molecule has 0 amide bonds. The molecule has 1 aliphatic rings. The second-order valence-corrected chi connectivity index (χ2v) is 4.56. The highest BCUT2D eigenvalue weighted by Gasteiger charge is 2.18. The first kappa shape index (κ1) is 9.03. The maximum absolute atomic E-state index is 5.30. The van der Waals surface area contributed by atoms with Crippen molar-refractivity contribution in [2.45, 2.75) is 6.92 Å². The predicted octanol–water partition coefficient (Wildman–Crippen LogP) is 2.89. The highest BCUT2D eigenvalue weighted by atomic mass is 32.2. The van der Waals surface area contributed by atoms with Gasteiger partial charge in [-0.2, -0.15) is 0 Å². The number of thiocarbonyl (C=S) groups is 1. The zero-order valence-corrected chi connectivity index (χ0v) is 9.12. The van der Waals surface area contributed by atoms with Gasteiger partial charge in [0.25, 0.3) is 0 Å². The van der Waals surface area contributed by atoms with Gasteiger partial charge in [-0.1, -0.05) is 42.2 Å². The molecule has 0 unspecified atom stereocenters. The Labute approximate surface area is 88.1 Å². The number of hydrogen-bond donors (Lipinski definition) is 0. The third-order valence-corrected chi connectivity index (χ3v) is 3.69. The summed E-state index contributed by atoms with van der Waals surface area (Å²) in [6.45, 7) is 3.22. The summed E-state index contributed by atoms with van der Waals surface area (Å²) >= 11 is 7.05. The molecule has 1 aliphatic heterocycles. The standard InChI is InChI=1S/C10H11NS2/c1-2-11-7-13-10(12)8-5-3-4-6-9(8)11/h3-6H,2,7H2,1H3. The van der Waals surface area contributed by atoms with Gasteiger partial charge in [-0.15, -0.1) is 0 Å². The van der Waals surface area contributed by atoms with Crippen molar-refractivity contribution in [3.05, 3.63) is 29.8 Å². The van der Waals surface area contributed by atoms with Crippen LogP contribution in [0.2, 0.25) is 0 Å². The smallest absolute Gasteiger partial charge is 0.0816 e. The van der Waals surface area contributed by atoms with E-state index in [0.29, 0.717) is 0 Å². The van der Waals surface area contributed by atoms with Gasteiger partial charge in [0.15, 0.2) is 0 Å². The minimum absolute atomic E-state index is 0.992. The third kappa shape index (κ3) is 1.58. The lowest BCUT2D eigenvalue weighted by Crippen LogP contribution is -2.28. The predicted molar refractivity (Wildman–Crippen MR) is 63.6 cm³/mol. The summed E-state index contributed by atoms with van der Waals surface area (Å²) < 4.78 is 1.03. The molecule has 0 fully saturated rings. The number of fused-ring (bicyclic) bond motifs is 1. The molecule has 0 spiro atoms. The number of rotatable bonds is 1. The zero-order valence-electron chi connectivity index (χ0n) is 7.49. The van der Waals surface area contributed by atoms with E-state index in [0.717, 1.165) is 16.6 Å². The number of thioether (sulfide) groups is 1. The molecule has 0 saturated heterocycles. The van der Waals surface area contributed by atoms with Crippen LogP contribution in [0.3, 0.4) is 0 Å². The number of anilines is 1. The van der Waals surface area contributed by atoms with Crippen LogP contribution >= 0.6 is 24.0 Å². The van der Waals surface area contributed by atoms with E-state index in [1.807, 2.05) is 6.07 Å². The van der Waals surface area contributed by atoms with Gasteiger partial charge in [0, 0.05) is 17.8 Å². The van der Waals surface area contributed by atoms with E-state index >= 15 is 0 Å². The van der Waals surface area contributed by atoms with Gasteiger partial charge in [0.2, 0.25) is 0 Å². The summed E-state index contributed by atoms with van der Waals surface area (Å²) in [7, 11) is 0. The molecule has 0 atom stereocenters. The molecule has 0 N–H and O–H groups in total. The van der Waals surface area contributed by atoms with Gasteiger partial charge >= 0.3 is 0 Å². The highest BCUT2D eigenvalue weighted by molar-refractivity contribution is 8.23. The normalized spacial score (nSPS) is 15.8. The fourth-order valence-electron chi connectivity index (χ4n) is 1.47. The van der Waals surface area contributed by atoms with E-state index in [4.69, 9.17) is 12.2 Å². The van der Waals surface area contributed by atoms with Crippen LogP contribution in [0.5, 0.6) is 0 Å². The van der Waals surface area contributed by atoms with Crippen molar-refractivity contribution in [2.75, 3.05) is 17.3 Å². The van der Waals surface area contributed by atoms with Crippen LogP contribution in [-0.4, -0.2) is 16.6 Å². The molecule has 13 heavy (non-hydrogen) atoms. The summed E-state index contributed by atoms with van der Waals surface area (Å²) in [5.74, 6) is 0.992. The fourth-order valence-corrected chi connectivity index (χ4v) is 2.72. The Hall–Kier alpha value is -0.540. The van der Waals surface area contributed by atoms with Gasteiger partial charge in [-0.3, -0.25) is 0 Å². The molecular weight excluding hydrogens is 198 g/mol. The van der Waals surface area contributed by atoms with E-state index in [-0.39, 0.29) is 0 Å². The number of para-hydroxylation sites is 1. The van der Waals surface area contributed by atoms with Crippen LogP contribution in [0.1, 0.15) is 12.5 Å². The molecule has 0 saturated carbocycles. The Morgan fingerprint density at radius 3 is 3.00 bits per heavy atom. The Bertz CT molecular complexity index is 335. The van der Waals surface area contributed by atoms with Crippen molar-refractivity contribution in [1.29, 1.82) is 0 Å². The maximum Gasteiger partial charge on any atom is 0.0816 e. The van der Waals surface area contributed by atoms with E-state index in [2.05, 4.69) is 30.0 Å². The maximum atomic E-state index is 5.30. The minimum atomic E-state index is 0.992. The van der Waals surface area contributed by atoms with Crippen LogP contribution in [-0.2, 0) is 0 Å². The first-order valence-electron chi connectivity index (χ1n) is 4.34. The molecule has 2 rings (SSSR count). The fraction of sp³-hybridized carbons (Fsp3) is 0.300. The Morgan fingerprint density at radius 1 is 1.46 bits per heavy atom. The van der Waals surface area contributed by atoms with Crippen LogP contribution in [0.15, 0.2) is 24.3 Å². The van der Waals surface area contributed by atoms with Crippen LogP contribution < -0.4 is 4.90 Å². The molecule has 1 aromatic rings. The second-order valence-electron chi connectivity index (χ2n) is 2.93. The monoisotopic (exact) mass is 209 g/mol. The molecule has 0 bridgehead atoms. The average molecular weight is 209 g/mol. The van der Waals surface area contributed by atoms with Crippen LogP contribution in [0.25, 0.3) is 0 Å². The topological polar surface area (TPSA) is 3.24 Å². The van der Waals surface area contributed by atoms with Crippen molar-refractivity contribution >= 4 is 33.9 Å². The number of nitrogens with zero attached hydrogens (tertiary/aromatic N) is 1. The molecule has 1 heterocycles. The number of benzene rings is 1.